The van der Waals surface area contributed by atoms with E-state index in [1.165, 1.54) is 17.4 Å². The number of para-hydroxylation sites is 1. The van der Waals surface area contributed by atoms with Crippen molar-refractivity contribution in [2.24, 2.45) is 0 Å². The highest BCUT2D eigenvalue weighted by Crippen LogP contribution is 2.33. The number of benzene rings is 3. The molecule has 1 amide bonds. The molecule has 1 aromatic heterocycles. The quantitative estimate of drug-likeness (QED) is 0.438. The van der Waals surface area contributed by atoms with E-state index in [1.807, 2.05) is 60.8 Å². The summed E-state index contributed by atoms with van der Waals surface area (Å²) in [4.78, 5) is 17.1. The number of halogens is 1. The molecule has 0 aliphatic carbocycles. The fourth-order valence-electron chi connectivity index (χ4n) is 3.06. The van der Waals surface area contributed by atoms with Gasteiger partial charge in [-0.1, -0.05) is 60.2 Å². The van der Waals surface area contributed by atoms with Gasteiger partial charge in [0.2, 0.25) is 5.91 Å². The van der Waals surface area contributed by atoms with Gasteiger partial charge in [-0.25, -0.2) is 9.37 Å². The van der Waals surface area contributed by atoms with Gasteiger partial charge in [-0.3, -0.25) is 4.79 Å². The van der Waals surface area contributed by atoms with Gasteiger partial charge < -0.3 is 5.32 Å². The van der Waals surface area contributed by atoms with Crippen molar-refractivity contribution in [3.8, 4) is 21.8 Å². The maximum Gasteiger partial charge on any atom is 0.228 e. The van der Waals surface area contributed by atoms with Gasteiger partial charge >= 0.3 is 0 Å². The van der Waals surface area contributed by atoms with Crippen molar-refractivity contribution in [1.82, 2.24) is 4.98 Å². The minimum atomic E-state index is -0.298. The van der Waals surface area contributed by atoms with E-state index in [9.17, 15) is 9.18 Å². The van der Waals surface area contributed by atoms with Crippen molar-refractivity contribution >= 4 is 22.9 Å². The van der Waals surface area contributed by atoms with Crippen LogP contribution in [0, 0.1) is 12.7 Å². The summed E-state index contributed by atoms with van der Waals surface area (Å²) in [7, 11) is 0. The summed E-state index contributed by atoms with van der Waals surface area (Å²) >= 11 is 1.38. The van der Waals surface area contributed by atoms with Crippen LogP contribution in [0.5, 0.6) is 0 Å². The number of aromatic nitrogens is 1. The van der Waals surface area contributed by atoms with Crippen LogP contribution in [0.1, 0.15) is 11.1 Å². The van der Waals surface area contributed by atoms with Crippen molar-refractivity contribution in [1.29, 1.82) is 0 Å². The molecule has 0 aliphatic heterocycles. The lowest BCUT2D eigenvalue weighted by Crippen LogP contribution is -2.15. The third-order valence-corrected chi connectivity index (χ3v) is 5.45. The summed E-state index contributed by atoms with van der Waals surface area (Å²) in [5.74, 6) is -0.390. The second kappa shape index (κ2) is 8.37. The standard InChI is InChI=1S/C24H19FN2OS/c1-16-10-12-17(13-11-16)14-23(28)26-21-9-5-3-7-19(21)22-15-29-24(27-22)18-6-2-4-8-20(18)25/h2-13,15H,14H2,1H3,(H,26,28). The molecule has 0 saturated carbocycles. The van der Waals surface area contributed by atoms with Gasteiger partial charge in [0.1, 0.15) is 10.8 Å². The maximum atomic E-state index is 14.1. The summed E-state index contributed by atoms with van der Waals surface area (Å²) in [5.41, 5.74) is 4.80. The first-order valence-corrected chi connectivity index (χ1v) is 10.1. The SMILES string of the molecule is Cc1ccc(CC(=O)Nc2ccccc2-c2csc(-c3ccccc3F)n2)cc1. The van der Waals surface area contributed by atoms with Crippen LogP contribution in [0.25, 0.3) is 21.8 Å². The van der Waals surface area contributed by atoms with Crippen molar-refractivity contribution in [2.75, 3.05) is 5.32 Å². The lowest BCUT2D eigenvalue weighted by atomic mass is 10.1. The third-order valence-electron chi connectivity index (χ3n) is 4.57. The summed E-state index contributed by atoms with van der Waals surface area (Å²) in [6.45, 7) is 2.02. The average Bonchev–Trinajstić information content (AvgIpc) is 3.20. The monoisotopic (exact) mass is 402 g/mol. The van der Waals surface area contributed by atoms with E-state index in [0.717, 1.165) is 16.7 Å². The maximum absolute atomic E-state index is 14.1. The number of hydrogen-bond donors (Lipinski definition) is 1. The molecule has 0 fully saturated rings. The number of nitrogens with one attached hydrogen (secondary N) is 1. The number of anilines is 1. The number of nitrogens with zero attached hydrogens (tertiary/aromatic N) is 1. The van der Waals surface area contributed by atoms with Crippen LogP contribution >= 0.6 is 11.3 Å². The number of hydrogen-bond acceptors (Lipinski definition) is 3. The van der Waals surface area contributed by atoms with E-state index in [-0.39, 0.29) is 11.7 Å². The minimum Gasteiger partial charge on any atom is -0.325 e. The second-order valence-corrected chi connectivity index (χ2v) is 7.63. The number of aryl methyl sites for hydroxylation is 1. The molecule has 0 saturated heterocycles. The van der Waals surface area contributed by atoms with Gasteiger partial charge in [-0.05, 0) is 30.7 Å². The first-order chi connectivity index (χ1) is 14.1. The third kappa shape index (κ3) is 4.41. The Morgan fingerprint density at radius 1 is 0.966 bits per heavy atom. The largest absolute Gasteiger partial charge is 0.325 e. The van der Waals surface area contributed by atoms with Crippen molar-refractivity contribution in [3.63, 3.8) is 0 Å². The number of thiazole rings is 1. The lowest BCUT2D eigenvalue weighted by molar-refractivity contribution is -0.115. The Balaban J connectivity index is 1.57. The molecular formula is C24H19FN2OS. The molecular weight excluding hydrogens is 383 g/mol. The molecule has 4 aromatic rings. The van der Waals surface area contributed by atoms with Crippen LogP contribution in [0.4, 0.5) is 10.1 Å². The number of rotatable bonds is 5. The molecule has 0 unspecified atom stereocenters. The molecule has 3 aromatic carbocycles. The molecule has 0 radical (unpaired) electrons. The van der Waals surface area contributed by atoms with E-state index in [1.54, 1.807) is 18.2 Å². The predicted octanol–water partition coefficient (Wildman–Crippen LogP) is 6.11. The Bertz CT molecular complexity index is 1150. The summed E-state index contributed by atoms with van der Waals surface area (Å²) in [6.07, 6.45) is 0.298. The molecule has 144 valence electrons. The van der Waals surface area contributed by atoms with Crippen LogP contribution in [-0.2, 0) is 11.2 Å². The molecule has 0 aliphatic rings. The number of amides is 1. The van der Waals surface area contributed by atoms with Gasteiger partial charge in [-0.2, -0.15) is 0 Å². The summed E-state index contributed by atoms with van der Waals surface area (Å²) < 4.78 is 14.1. The van der Waals surface area contributed by atoms with Gasteiger partial charge in [0.15, 0.2) is 0 Å². The van der Waals surface area contributed by atoms with E-state index >= 15 is 0 Å². The van der Waals surface area contributed by atoms with Gasteiger partial charge in [0, 0.05) is 16.5 Å². The van der Waals surface area contributed by atoms with Gasteiger partial charge in [-0.15, -0.1) is 11.3 Å². The molecule has 4 rings (SSSR count). The zero-order chi connectivity index (χ0) is 20.2. The topological polar surface area (TPSA) is 42.0 Å². The van der Waals surface area contributed by atoms with Gasteiger partial charge in [0.25, 0.3) is 0 Å². The average molecular weight is 402 g/mol. The molecule has 1 heterocycles. The van der Waals surface area contributed by atoms with E-state index in [2.05, 4.69) is 10.3 Å². The fraction of sp³-hybridized carbons (Fsp3) is 0.0833. The van der Waals surface area contributed by atoms with Crippen LogP contribution in [0.2, 0.25) is 0 Å². The van der Waals surface area contributed by atoms with Crippen LogP contribution in [-0.4, -0.2) is 10.9 Å². The minimum absolute atomic E-state index is 0.0918. The normalized spacial score (nSPS) is 10.7. The zero-order valence-electron chi connectivity index (χ0n) is 15.9. The number of carbonyl (C=O) groups is 1. The molecule has 0 bridgehead atoms. The lowest BCUT2D eigenvalue weighted by Gasteiger charge is -2.10. The van der Waals surface area contributed by atoms with Crippen LogP contribution in [0.3, 0.4) is 0 Å². The molecule has 1 N–H and O–H groups in total. The smallest absolute Gasteiger partial charge is 0.228 e. The van der Waals surface area contributed by atoms with Gasteiger partial charge in [0.05, 0.1) is 17.8 Å². The van der Waals surface area contributed by atoms with E-state index in [4.69, 9.17) is 0 Å². The Labute approximate surface area is 172 Å². The molecule has 0 atom stereocenters. The Hall–Kier alpha value is -3.31. The Morgan fingerprint density at radius 2 is 1.66 bits per heavy atom. The first-order valence-electron chi connectivity index (χ1n) is 9.25. The van der Waals surface area contributed by atoms with Crippen molar-refractivity contribution in [2.45, 2.75) is 13.3 Å². The second-order valence-electron chi connectivity index (χ2n) is 6.77. The Morgan fingerprint density at radius 3 is 2.41 bits per heavy atom. The zero-order valence-corrected chi connectivity index (χ0v) is 16.7. The number of carbonyl (C=O) groups excluding carboxylic acids is 1. The van der Waals surface area contributed by atoms with E-state index in [0.29, 0.717) is 28.4 Å². The highest BCUT2D eigenvalue weighted by Gasteiger charge is 2.14. The predicted molar refractivity (Wildman–Crippen MR) is 116 cm³/mol. The first kappa shape index (κ1) is 19.0. The highest BCUT2D eigenvalue weighted by atomic mass is 32.1. The molecule has 0 spiro atoms. The molecule has 29 heavy (non-hydrogen) atoms. The van der Waals surface area contributed by atoms with Crippen molar-refractivity contribution in [3.05, 3.63) is 95.1 Å². The van der Waals surface area contributed by atoms with Crippen LogP contribution < -0.4 is 5.32 Å². The molecule has 5 heteroatoms. The highest BCUT2D eigenvalue weighted by molar-refractivity contribution is 7.13. The molecule has 3 nitrogen and oxygen atoms in total. The summed E-state index contributed by atoms with van der Waals surface area (Å²) in [6, 6.07) is 22.0. The summed E-state index contributed by atoms with van der Waals surface area (Å²) in [5, 5.41) is 5.48. The van der Waals surface area contributed by atoms with Crippen LogP contribution in [0.15, 0.2) is 78.2 Å². The van der Waals surface area contributed by atoms with E-state index < -0.39 is 0 Å². The van der Waals surface area contributed by atoms with Crippen molar-refractivity contribution < 1.29 is 9.18 Å². The Kier molecular flexibility index (Phi) is 5.49. The fourth-order valence-corrected chi connectivity index (χ4v) is 3.90.